The lowest BCUT2D eigenvalue weighted by Gasteiger charge is -2.37. The van der Waals surface area contributed by atoms with Crippen LogP contribution in [0, 0.1) is 5.92 Å². The smallest absolute Gasteiger partial charge is 0.191 e. The van der Waals surface area contributed by atoms with Gasteiger partial charge in [-0.2, -0.15) is 4.80 Å². The zero-order valence-electron chi connectivity index (χ0n) is 12.8. The molecule has 1 saturated heterocycles. The summed E-state index contributed by atoms with van der Waals surface area (Å²) >= 11 is 0. The number of hydrogen-bond donors (Lipinski definition) is 0. The molecule has 5 nitrogen and oxygen atoms in total. The fourth-order valence-electron chi connectivity index (χ4n) is 3.17. The van der Waals surface area contributed by atoms with Crippen LogP contribution in [0.15, 0.2) is 30.3 Å². The molecule has 0 N–H and O–H groups in total. The highest BCUT2D eigenvalue weighted by molar-refractivity contribution is 5.15. The second-order valence-corrected chi connectivity index (χ2v) is 5.91. The molecule has 112 valence electrons. The van der Waals surface area contributed by atoms with Crippen LogP contribution in [0.1, 0.15) is 43.6 Å². The van der Waals surface area contributed by atoms with Crippen LogP contribution in [0.2, 0.25) is 0 Å². The summed E-state index contributed by atoms with van der Waals surface area (Å²) in [6, 6.07) is 10.9. The number of aromatic nitrogens is 4. The van der Waals surface area contributed by atoms with Crippen molar-refractivity contribution in [1.82, 2.24) is 25.1 Å². The molecular formula is C16H23N5. The summed E-state index contributed by atoms with van der Waals surface area (Å²) in [4.78, 5) is 4.06. The maximum Gasteiger partial charge on any atom is 0.191 e. The van der Waals surface area contributed by atoms with Gasteiger partial charge in [0.15, 0.2) is 5.82 Å². The van der Waals surface area contributed by atoms with Crippen LogP contribution in [0.25, 0.3) is 0 Å². The van der Waals surface area contributed by atoms with E-state index in [2.05, 4.69) is 57.6 Å². The van der Waals surface area contributed by atoms with Crippen LogP contribution in [-0.2, 0) is 13.6 Å². The Morgan fingerprint density at radius 1 is 1.24 bits per heavy atom. The van der Waals surface area contributed by atoms with E-state index in [1.54, 1.807) is 4.80 Å². The minimum absolute atomic E-state index is 0.289. The summed E-state index contributed by atoms with van der Waals surface area (Å²) in [5.41, 5.74) is 1.35. The molecule has 2 heterocycles. The van der Waals surface area contributed by atoms with Crippen molar-refractivity contribution in [2.75, 3.05) is 6.54 Å². The van der Waals surface area contributed by atoms with Crippen molar-refractivity contribution in [3.8, 4) is 0 Å². The van der Waals surface area contributed by atoms with Gasteiger partial charge in [-0.3, -0.25) is 4.90 Å². The Kier molecular flexibility index (Phi) is 4.29. The van der Waals surface area contributed by atoms with E-state index in [-0.39, 0.29) is 6.04 Å². The van der Waals surface area contributed by atoms with E-state index in [9.17, 15) is 0 Å². The molecule has 0 amide bonds. The van der Waals surface area contributed by atoms with E-state index < -0.39 is 0 Å². The molecule has 1 aromatic carbocycles. The first-order valence-electron chi connectivity index (χ1n) is 7.78. The van der Waals surface area contributed by atoms with Crippen LogP contribution < -0.4 is 0 Å². The molecule has 1 fully saturated rings. The van der Waals surface area contributed by atoms with E-state index in [0.29, 0.717) is 0 Å². The second-order valence-electron chi connectivity index (χ2n) is 5.91. The van der Waals surface area contributed by atoms with Gasteiger partial charge in [0.05, 0.1) is 13.1 Å². The minimum Gasteiger partial charge on any atom is -0.289 e. The van der Waals surface area contributed by atoms with Crippen molar-refractivity contribution < 1.29 is 0 Å². The Labute approximate surface area is 126 Å². The topological polar surface area (TPSA) is 46.8 Å². The van der Waals surface area contributed by atoms with Crippen LogP contribution in [-0.4, -0.2) is 31.7 Å². The van der Waals surface area contributed by atoms with Crippen molar-refractivity contribution in [3.63, 3.8) is 0 Å². The number of benzene rings is 1. The van der Waals surface area contributed by atoms with Crippen molar-refractivity contribution in [2.24, 2.45) is 13.0 Å². The molecule has 5 heteroatoms. The van der Waals surface area contributed by atoms with Crippen molar-refractivity contribution in [3.05, 3.63) is 41.7 Å². The summed E-state index contributed by atoms with van der Waals surface area (Å²) < 4.78 is 0. The monoisotopic (exact) mass is 285 g/mol. The van der Waals surface area contributed by atoms with Crippen LogP contribution in [0.5, 0.6) is 0 Å². The SMILES string of the molecule is CCC1CCN(Cc2ccccc2)C(c2nnn(C)n2)C1. The first kappa shape index (κ1) is 14.2. The van der Waals surface area contributed by atoms with E-state index in [1.165, 1.54) is 18.4 Å². The maximum atomic E-state index is 4.45. The zero-order chi connectivity index (χ0) is 14.7. The lowest BCUT2D eigenvalue weighted by molar-refractivity contribution is 0.0966. The highest BCUT2D eigenvalue weighted by Crippen LogP contribution is 2.34. The molecule has 0 aliphatic carbocycles. The second kappa shape index (κ2) is 6.35. The van der Waals surface area contributed by atoms with Crippen LogP contribution >= 0.6 is 0 Å². The molecule has 1 aromatic heterocycles. The van der Waals surface area contributed by atoms with Gasteiger partial charge in [-0.1, -0.05) is 43.7 Å². The number of hydrogen-bond acceptors (Lipinski definition) is 4. The third kappa shape index (κ3) is 3.29. The van der Waals surface area contributed by atoms with Gasteiger partial charge in [0.2, 0.25) is 0 Å². The molecule has 0 bridgehead atoms. The van der Waals surface area contributed by atoms with Gasteiger partial charge < -0.3 is 0 Å². The fourth-order valence-corrected chi connectivity index (χ4v) is 3.17. The molecule has 2 aromatic rings. The van der Waals surface area contributed by atoms with Crippen molar-refractivity contribution in [2.45, 2.75) is 38.8 Å². The molecule has 0 saturated carbocycles. The molecule has 2 atom stereocenters. The van der Waals surface area contributed by atoms with Crippen molar-refractivity contribution >= 4 is 0 Å². The van der Waals surface area contributed by atoms with Gasteiger partial charge in [0.25, 0.3) is 0 Å². The Bertz CT molecular complexity index is 565. The summed E-state index contributed by atoms with van der Waals surface area (Å²) in [6.45, 7) is 4.34. The molecule has 1 aliphatic rings. The number of tetrazole rings is 1. The third-order valence-corrected chi connectivity index (χ3v) is 4.45. The van der Waals surface area contributed by atoms with Gasteiger partial charge in [-0.25, -0.2) is 0 Å². The van der Waals surface area contributed by atoms with Crippen LogP contribution in [0.4, 0.5) is 0 Å². The number of nitrogens with zero attached hydrogens (tertiary/aromatic N) is 5. The fraction of sp³-hybridized carbons (Fsp3) is 0.562. The Morgan fingerprint density at radius 3 is 2.71 bits per heavy atom. The standard InChI is InChI=1S/C16H23N5/c1-3-13-9-10-21(12-14-7-5-4-6-8-14)15(11-13)16-17-19-20(2)18-16/h4-8,13,15H,3,9-12H2,1-2H3. The lowest BCUT2D eigenvalue weighted by atomic mass is 9.88. The molecule has 1 aliphatic heterocycles. The number of piperidine rings is 1. The molecule has 0 radical (unpaired) electrons. The molecule has 2 unspecified atom stereocenters. The quantitative estimate of drug-likeness (QED) is 0.866. The van der Waals surface area contributed by atoms with E-state index >= 15 is 0 Å². The average molecular weight is 285 g/mol. The van der Waals surface area contributed by atoms with Gasteiger partial charge in [0, 0.05) is 6.54 Å². The molecule has 3 rings (SSSR count). The summed E-state index contributed by atoms with van der Waals surface area (Å²) in [6.07, 6.45) is 3.63. The normalized spacial score (nSPS) is 23.3. The maximum absolute atomic E-state index is 4.45. The van der Waals surface area contributed by atoms with Crippen molar-refractivity contribution in [1.29, 1.82) is 0 Å². The number of aryl methyl sites for hydroxylation is 1. The molecule has 0 spiro atoms. The minimum atomic E-state index is 0.289. The average Bonchev–Trinajstić information content (AvgIpc) is 2.95. The van der Waals surface area contributed by atoms with Crippen LogP contribution in [0.3, 0.4) is 0 Å². The van der Waals surface area contributed by atoms with E-state index in [4.69, 9.17) is 0 Å². The van der Waals surface area contributed by atoms with Gasteiger partial charge in [-0.15, -0.1) is 10.2 Å². The lowest BCUT2D eigenvalue weighted by Crippen LogP contribution is -2.37. The Balaban J connectivity index is 1.79. The molecule has 21 heavy (non-hydrogen) atoms. The first-order valence-corrected chi connectivity index (χ1v) is 7.78. The van der Waals surface area contributed by atoms with Gasteiger partial charge in [0.1, 0.15) is 0 Å². The largest absolute Gasteiger partial charge is 0.289 e. The first-order chi connectivity index (χ1) is 10.3. The van der Waals surface area contributed by atoms with Gasteiger partial charge >= 0.3 is 0 Å². The predicted molar refractivity (Wildman–Crippen MR) is 81.4 cm³/mol. The predicted octanol–water partition coefficient (Wildman–Crippen LogP) is 2.57. The van der Waals surface area contributed by atoms with E-state index in [1.807, 2.05) is 7.05 Å². The number of rotatable bonds is 4. The Hall–Kier alpha value is -1.75. The summed E-state index contributed by atoms with van der Waals surface area (Å²) in [7, 11) is 1.83. The summed E-state index contributed by atoms with van der Waals surface area (Å²) in [5.74, 6) is 1.64. The highest BCUT2D eigenvalue weighted by atomic mass is 15.6. The summed E-state index contributed by atoms with van der Waals surface area (Å²) in [5, 5.41) is 12.7. The number of likely N-dealkylation sites (tertiary alicyclic amines) is 1. The van der Waals surface area contributed by atoms with Gasteiger partial charge in [-0.05, 0) is 36.1 Å². The zero-order valence-corrected chi connectivity index (χ0v) is 12.8. The third-order valence-electron chi connectivity index (χ3n) is 4.45. The molecular weight excluding hydrogens is 262 g/mol. The Morgan fingerprint density at radius 2 is 2.05 bits per heavy atom. The highest BCUT2D eigenvalue weighted by Gasteiger charge is 2.31. The van der Waals surface area contributed by atoms with E-state index in [0.717, 1.165) is 31.3 Å².